The van der Waals surface area contributed by atoms with Crippen molar-refractivity contribution in [1.29, 1.82) is 0 Å². The molecule has 0 spiro atoms. The zero-order valence-electron chi connectivity index (χ0n) is 18.1. The van der Waals surface area contributed by atoms with Gasteiger partial charge in [0, 0.05) is 11.1 Å². The van der Waals surface area contributed by atoms with Crippen LogP contribution in [0.3, 0.4) is 0 Å². The molecule has 1 amide bonds. The minimum absolute atomic E-state index is 0.0392. The molecule has 0 aliphatic carbocycles. The van der Waals surface area contributed by atoms with Crippen molar-refractivity contribution in [3.63, 3.8) is 0 Å². The largest absolute Gasteiger partial charge is 0.492 e. The molecular weight excluding hydrogens is 584 g/mol. The van der Waals surface area contributed by atoms with Crippen molar-refractivity contribution in [1.82, 2.24) is 10.4 Å². The predicted molar refractivity (Wildman–Crippen MR) is 133 cm³/mol. The van der Waals surface area contributed by atoms with E-state index in [-0.39, 0.29) is 18.0 Å². The van der Waals surface area contributed by atoms with Gasteiger partial charge in [0.2, 0.25) is 5.91 Å². The first kappa shape index (κ1) is 25.7. The molecule has 2 aromatic carbocycles. The summed E-state index contributed by atoms with van der Waals surface area (Å²) in [4.78, 5) is 16.5. The van der Waals surface area contributed by atoms with E-state index in [9.17, 15) is 18.0 Å². The minimum atomic E-state index is -4.43. The van der Waals surface area contributed by atoms with E-state index in [0.29, 0.717) is 28.9 Å². The zero-order valence-corrected chi connectivity index (χ0v) is 21.0. The molecule has 34 heavy (non-hydrogen) atoms. The molecule has 2 N–H and O–H groups in total. The molecule has 0 saturated heterocycles. The fraction of sp³-hybridized carbons (Fsp3) is 0.227. The highest BCUT2D eigenvalue weighted by Gasteiger charge is 2.30. The molecule has 7 nitrogen and oxygen atoms in total. The number of hydrazone groups is 1. The lowest BCUT2D eigenvalue weighted by Crippen LogP contribution is -2.20. The van der Waals surface area contributed by atoms with Gasteiger partial charge in [0.05, 0.1) is 41.2 Å². The Kier molecular flexibility index (Phi) is 8.72. The maximum Gasteiger partial charge on any atom is 0.416 e. The first-order valence-corrected chi connectivity index (χ1v) is 11.9. The molecule has 0 saturated carbocycles. The zero-order chi connectivity index (χ0) is 24.7. The van der Waals surface area contributed by atoms with Crippen LogP contribution in [0.15, 0.2) is 46.9 Å². The Bertz CT molecular complexity index is 1180. The first-order chi connectivity index (χ1) is 16.2. The Morgan fingerprint density at radius 1 is 1.29 bits per heavy atom. The van der Waals surface area contributed by atoms with Crippen LogP contribution in [0.25, 0.3) is 0 Å². The highest BCUT2D eigenvalue weighted by molar-refractivity contribution is 14.1. The van der Waals surface area contributed by atoms with Crippen molar-refractivity contribution in [2.24, 2.45) is 5.10 Å². The van der Waals surface area contributed by atoms with Gasteiger partial charge < -0.3 is 14.8 Å². The van der Waals surface area contributed by atoms with Crippen LogP contribution >= 0.6 is 33.9 Å². The van der Waals surface area contributed by atoms with E-state index < -0.39 is 11.7 Å². The Hall–Kier alpha value is -2.87. The average Bonchev–Trinajstić information content (AvgIpc) is 3.20. The topological polar surface area (TPSA) is 84.8 Å². The van der Waals surface area contributed by atoms with Crippen molar-refractivity contribution in [2.75, 3.05) is 19.0 Å². The summed E-state index contributed by atoms with van der Waals surface area (Å²) in [6.45, 7) is 2.34. The van der Waals surface area contributed by atoms with Crippen LogP contribution in [-0.4, -0.2) is 30.8 Å². The van der Waals surface area contributed by atoms with Crippen LogP contribution in [0.2, 0.25) is 0 Å². The number of ether oxygens (including phenoxy) is 2. The number of anilines is 2. The summed E-state index contributed by atoms with van der Waals surface area (Å²) in [5.74, 6) is 0.815. The number of thiazole rings is 1. The molecule has 0 radical (unpaired) electrons. The predicted octanol–water partition coefficient (Wildman–Crippen LogP) is 5.61. The fourth-order valence-corrected chi connectivity index (χ4v) is 4.42. The van der Waals surface area contributed by atoms with Crippen molar-refractivity contribution < 1.29 is 27.4 Å². The van der Waals surface area contributed by atoms with Crippen molar-refractivity contribution in [3.8, 4) is 11.5 Å². The highest BCUT2D eigenvalue weighted by Crippen LogP contribution is 2.34. The minimum Gasteiger partial charge on any atom is -0.492 e. The van der Waals surface area contributed by atoms with Gasteiger partial charge in [-0.2, -0.15) is 18.3 Å². The van der Waals surface area contributed by atoms with Crippen LogP contribution in [0, 0.1) is 3.57 Å². The van der Waals surface area contributed by atoms with E-state index in [0.717, 1.165) is 21.3 Å². The third-order valence-corrected chi connectivity index (χ3v) is 5.88. The van der Waals surface area contributed by atoms with Gasteiger partial charge >= 0.3 is 6.18 Å². The van der Waals surface area contributed by atoms with Gasteiger partial charge in [-0.05, 0) is 65.4 Å². The fourth-order valence-electron chi connectivity index (χ4n) is 2.85. The number of nitrogens with one attached hydrogen (secondary N) is 2. The molecule has 1 aromatic heterocycles. The Balaban J connectivity index is 1.58. The van der Waals surface area contributed by atoms with Gasteiger partial charge in [-0.15, -0.1) is 11.3 Å². The summed E-state index contributed by atoms with van der Waals surface area (Å²) in [5.41, 5.74) is 3.11. The highest BCUT2D eigenvalue weighted by atomic mass is 127. The summed E-state index contributed by atoms with van der Waals surface area (Å²) < 4.78 is 50.3. The number of aromatic nitrogens is 1. The summed E-state index contributed by atoms with van der Waals surface area (Å²) in [7, 11) is 1.56. The summed E-state index contributed by atoms with van der Waals surface area (Å²) in [5, 5.41) is 8.83. The van der Waals surface area contributed by atoms with Gasteiger partial charge in [-0.1, -0.05) is 6.07 Å². The van der Waals surface area contributed by atoms with E-state index in [1.165, 1.54) is 29.7 Å². The Labute approximate surface area is 211 Å². The number of halogens is 4. The number of hydrogen-bond acceptors (Lipinski definition) is 7. The molecule has 0 aliphatic heterocycles. The molecule has 1 heterocycles. The molecule has 12 heteroatoms. The number of alkyl halides is 3. The molecular formula is C22H20F3IN4O3S. The van der Waals surface area contributed by atoms with E-state index >= 15 is 0 Å². The van der Waals surface area contributed by atoms with E-state index in [1.807, 2.05) is 13.0 Å². The summed E-state index contributed by atoms with van der Waals surface area (Å²) in [6.07, 6.45) is -2.98. The SMILES string of the molecule is CCOc1cc(/C=N\NC(=O)Cc2csc(Nc3cccc(C(F)(F)F)c3)n2)cc(I)c1OC. The third kappa shape index (κ3) is 7.06. The van der Waals surface area contributed by atoms with Gasteiger partial charge in [0.1, 0.15) is 0 Å². The van der Waals surface area contributed by atoms with Gasteiger partial charge in [-0.25, -0.2) is 10.4 Å². The maximum absolute atomic E-state index is 12.9. The van der Waals surface area contributed by atoms with E-state index in [4.69, 9.17) is 9.47 Å². The second-order valence-corrected chi connectivity index (χ2v) is 8.80. The average molecular weight is 604 g/mol. The smallest absolute Gasteiger partial charge is 0.416 e. The molecule has 3 aromatic rings. The second-order valence-electron chi connectivity index (χ2n) is 6.78. The van der Waals surface area contributed by atoms with E-state index in [2.05, 4.69) is 43.4 Å². The number of hydrogen-bond donors (Lipinski definition) is 2. The summed E-state index contributed by atoms with van der Waals surface area (Å²) in [6, 6.07) is 8.41. The summed E-state index contributed by atoms with van der Waals surface area (Å²) >= 11 is 3.31. The molecule has 0 unspecified atom stereocenters. The maximum atomic E-state index is 12.9. The standard InChI is InChI=1S/C22H20F3IN4O3S/c1-3-33-18-8-13(7-17(26)20(18)32-2)11-27-30-19(31)10-16-12-34-21(29-16)28-15-6-4-5-14(9-15)22(23,24)25/h4-9,11-12H,3,10H2,1-2H3,(H,28,29)(H,30,31)/b27-11-. The first-order valence-electron chi connectivity index (χ1n) is 9.90. The van der Waals surface area contributed by atoms with Crippen LogP contribution in [0.4, 0.5) is 24.0 Å². The van der Waals surface area contributed by atoms with Crippen LogP contribution in [-0.2, 0) is 17.4 Å². The number of carbonyl (C=O) groups excluding carboxylic acids is 1. The van der Waals surface area contributed by atoms with Crippen LogP contribution < -0.4 is 20.2 Å². The number of rotatable bonds is 9. The molecule has 3 rings (SSSR count). The van der Waals surface area contributed by atoms with Crippen molar-refractivity contribution in [3.05, 3.63) is 62.2 Å². The number of methoxy groups -OCH3 is 1. The number of nitrogens with zero attached hydrogens (tertiary/aromatic N) is 2. The molecule has 0 fully saturated rings. The molecule has 180 valence electrons. The molecule has 0 atom stereocenters. The number of amides is 1. The third-order valence-electron chi connectivity index (χ3n) is 4.27. The van der Waals surface area contributed by atoms with Gasteiger partial charge in [0.25, 0.3) is 0 Å². The van der Waals surface area contributed by atoms with Crippen LogP contribution in [0.5, 0.6) is 11.5 Å². The lowest BCUT2D eigenvalue weighted by Gasteiger charge is -2.11. The number of carbonyl (C=O) groups is 1. The quantitative estimate of drug-likeness (QED) is 0.189. The number of benzene rings is 2. The van der Waals surface area contributed by atoms with Crippen LogP contribution in [0.1, 0.15) is 23.7 Å². The lowest BCUT2D eigenvalue weighted by atomic mass is 10.2. The normalized spacial score (nSPS) is 11.5. The second kappa shape index (κ2) is 11.5. The van der Waals surface area contributed by atoms with Gasteiger partial charge in [0.15, 0.2) is 16.6 Å². The van der Waals surface area contributed by atoms with Crippen molar-refractivity contribution in [2.45, 2.75) is 19.5 Å². The lowest BCUT2D eigenvalue weighted by molar-refractivity contribution is -0.137. The Morgan fingerprint density at radius 2 is 2.09 bits per heavy atom. The Morgan fingerprint density at radius 3 is 2.79 bits per heavy atom. The molecule has 0 bridgehead atoms. The molecule has 0 aliphatic rings. The van der Waals surface area contributed by atoms with E-state index in [1.54, 1.807) is 18.6 Å². The monoisotopic (exact) mass is 604 g/mol. The van der Waals surface area contributed by atoms with Gasteiger partial charge in [-0.3, -0.25) is 4.79 Å². The van der Waals surface area contributed by atoms with Crippen molar-refractivity contribution >= 4 is 56.9 Å².